The van der Waals surface area contributed by atoms with Crippen LogP contribution in [0.3, 0.4) is 0 Å². The molecule has 0 radical (unpaired) electrons. The van der Waals surface area contributed by atoms with Crippen LogP contribution >= 0.6 is 11.8 Å². The van der Waals surface area contributed by atoms with Gasteiger partial charge in [-0.2, -0.15) is 11.8 Å². The molecule has 164 valence electrons. The van der Waals surface area contributed by atoms with Crippen molar-refractivity contribution in [2.45, 2.75) is 44.2 Å². The maximum absolute atomic E-state index is 6.32. The van der Waals surface area contributed by atoms with Crippen molar-refractivity contribution in [1.82, 2.24) is 14.5 Å². The van der Waals surface area contributed by atoms with Gasteiger partial charge in [0.2, 0.25) is 0 Å². The Morgan fingerprint density at radius 1 is 1.26 bits per heavy atom. The highest BCUT2D eigenvalue weighted by Gasteiger charge is 2.32. The zero-order valence-corrected chi connectivity index (χ0v) is 18.8. The van der Waals surface area contributed by atoms with Crippen LogP contribution in [-0.2, 0) is 4.74 Å². The van der Waals surface area contributed by atoms with E-state index in [4.69, 9.17) is 15.2 Å². The number of aromatic nitrogens is 3. The lowest BCUT2D eigenvalue weighted by Gasteiger charge is -2.36. The first kappa shape index (κ1) is 20.6. The average molecular weight is 439 g/mol. The molecular weight excluding hydrogens is 408 g/mol. The van der Waals surface area contributed by atoms with Crippen molar-refractivity contribution in [2.75, 3.05) is 31.0 Å². The number of rotatable bonds is 7. The highest BCUT2D eigenvalue weighted by atomic mass is 32.2. The van der Waals surface area contributed by atoms with Gasteiger partial charge in [-0.25, -0.2) is 9.97 Å². The summed E-state index contributed by atoms with van der Waals surface area (Å²) in [5.41, 5.74) is 9.40. The van der Waals surface area contributed by atoms with Crippen LogP contribution in [0.15, 0.2) is 36.8 Å². The number of thioether (sulfide) groups is 1. The van der Waals surface area contributed by atoms with Gasteiger partial charge in [0.1, 0.15) is 30.1 Å². The van der Waals surface area contributed by atoms with Crippen LogP contribution < -0.4 is 10.5 Å². The molecule has 2 fully saturated rings. The molecule has 0 bridgehead atoms. The van der Waals surface area contributed by atoms with E-state index in [1.807, 2.05) is 23.9 Å². The normalized spacial score (nSPS) is 23.6. The number of nitrogens with zero attached hydrogens (tertiary/aromatic N) is 3. The van der Waals surface area contributed by atoms with Crippen LogP contribution in [0.2, 0.25) is 0 Å². The molecule has 31 heavy (non-hydrogen) atoms. The summed E-state index contributed by atoms with van der Waals surface area (Å²) in [6.45, 7) is 1.43. The Morgan fingerprint density at radius 2 is 2.16 bits per heavy atom. The lowest BCUT2D eigenvalue weighted by molar-refractivity contribution is -0.0110. The van der Waals surface area contributed by atoms with E-state index in [-0.39, 0.29) is 6.10 Å². The summed E-state index contributed by atoms with van der Waals surface area (Å²) >= 11 is 1.93. The Bertz CT molecular complexity index is 1040. The van der Waals surface area contributed by atoms with Crippen molar-refractivity contribution in [3.05, 3.63) is 36.8 Å². The SMILES string of the molecule is CSCC1CC(n2cc(-c3cccc(OCC4CCCCO4)c3)c3c(N)ncnc32)C1. The van der Waals surface area contributed by atoms with Crippen molar-refractivity contribution in [2.24, 2.45) is 5.92 Å². The molecule has 1 atom stereocenters. The standard InChI is InChI=1S/C24H30N4O2S/c1-31-14-16-9-18(10-16)28-12-21(22-23(25)26-15-27-24(22)28)17-5-4-7-19(11-17)30-13-20-6-2-3-8-29-20/h4-5,7,11-12,15-16,18,20H,2-3,6,8-10,13-14H2,1H3,(H2,25,26,27). The maximum Gasteiger partial charge on any atom is 0.146 e. The molecule has 5 rings (SSSR count). The van der Waals surface area contributed by atoms with E-state index in [2.05, 4.69) is 39.1 Å². The molecule has 6 nitrogen and oxygen atoms in total. The molecule has 2 N–H and O–H groups in total. The van der Waals surface area contributed by atoms with Crippen molar-refractivity contribution in [3.8, 4) is 16.9 Å². The minimum atomic E-state index is 0.191. The summed E-state index contributed by atoms with van der Waals surface area (Å²) in [4.78, 5) is 8.88. The molecule has 3 aromatic rings. The Morgan fingerprint density at radius 3 is 2.97 bits per heavy atom. The van der Waals surface area contributed by atoms with E-state index in [9.17, 15) is 0 Å². The summed E-state index contributed by atoms with van der Waals surface area (Å²) in [6, 6.07) is 8.71. The quantitative estimate of drug-likeness (QED) is 0.563. The highest BCUT2D eigenvalue weighted by molar-refractivity contribution is 7.98. The van der Waals surface area contributed by atoms with E-state index < -0.39 is 0 Å². The number of nitrogens with two attached hydrogens (primary N) is 1. The van der Waals surface area contributed by atoms with Gasteiger partial charge in [0, 0.05) is 24.4 Å². The van der Waals surface area contributed by atoms with Crippen molar-refractivity contribution in [3.63, 3.8) is 0 Å². The first-order valence-electron chi connectivity index (χ1n) is 11.2. The van der Waals surface area contributed by atoms with Crippen molar-refractivity contribution < 1.29 is 9.47 Å². The monoisotopic (exact) mass is 438 g/mol. The second-order valence-corrected chi connectivity index (χ2v) is 9.59. The minimum absolute atomic E-state index is 0.191. The number of hydrogen-bond donors (Lipinski definition) is 1. The van der Waals surface area contributed by atoms with Crippen molar-refractivity contribution >= 4 is 28.6 Å². The van der Waals surface area contributed by atoms with Gasteiger partial charge in [0.05, 0.1) is 11.5 Å². The number of hydrogen-bond acceptors (Lipinski definition) is 6. The van der Waals surface area contributed by atoms with Crippen molar-refractivity contribution in [1.29, 1.82) is 0 Å². The van der Waals surface area contributed by atoms with E-state index in [1.54, 1.807) is 6.33 Å². The predicted octanol–water partition coefficient (Wildman–Crippen LogP) is 4.94. The highest BCUT2D eigenvalue weighted by Crippen LogP contribution is 2.43. The van der Waals surface area contributed by atoms with Crippen LogP contribution in [0, 0.1) is 5.92 Å². The zero-order chi connectivity index (χ0) is 21.2. The molecular formula is C24H30N4O2S. The molecule has 0 spiro atoms. The largest absolute Gasteiger partial charge is 0.491 e. The fraction of sp³-hybridized carbons (Fsp3) is 0.500. The molecule has 0 amide bonds. The first-order chi connectivity index (χ1) is 15.2. The van der Waals surface area contributed by atoms with E-state index >= 15 is 0 Å². The van der Waals surface area contributed by atoms with Gasteiger partial charge in [-0.15, -0.1) is 0 Å². The van der Waals surface area contributed by atoms with Crippen LogP contribution in [0.5, 0.6) is 5.75 Å². The van der Waals surface area contributed by atoms with Crippen LogP contribution in [0.25, 0.3) is 22.2 Å². The summed E-state index contributed by atoms with van der Waals surface area (Å²) in [5.74, 6) is 3.40. The molecule has 1 aromatic carbocycles. The van der Waals surface area contributed by atoms with Gasteiger partial charge in [0.15, 0.2) is 0 Å². The summed E-state index contributed by atoms with van der Waals surface area (Å²) < 4.78 is 14.2. The molecule has 1 aliphatic carbocycles. The summed E-state index contributed by atoms with van der Waals surface area (Å²) in [6.07, 6.45) is 12.0. The Hall–Kier alpha value is -2.25. The topological polar surface area (TPSA) is 75.2 Å². The third kappa shape index (κ3) is 4.26. The third-order valence-corrected chi connectivity index (χ3v) is 7.30. The van der Waals surface area contributed by atoms with Crippen LogP contribution in [0.1, 0.15) is 38.1 Å². The molecule has 2 aromatic heterocycles. The Labute approximate surface area is 187 Å². The summed E-state index contributed by atoms with van der Waals surface area (Å²) in [7, 11) is 0. The number of ether oxygens (including phenoxy) is 2. The summed E-state index contributed by atoms with van der Waals surface area (Å²) in [5, 5.41) is 0.934. The molecule has 1 saturated heterocycles. The van der Waals surface area contributed by atoms with E-state index in [0.717, 1.165) is 53.3 Å². The molecule has 7 heteroatoms. The van der Waals surface area contributed by atoms with Gasteiger partial charge in [0.25, 0.3) is 0 Å². The zero-order valence-electron chi connectivity index (χ0n) is 18.0. The second kappa shape index (κ2) is 9.09. The van der Waals surface area contributed by atoms with Crippen LogP contribution in [0.4, 0.5) is 5.82 Å². The minimum Gasteiger partial charge on any atom is -0.491 e. The molecule has 1 aliphatic heterocycles. The Balaban J connectivity index is 1.42. The first-order valence-corrected chi connectivity index (χ1v) is 12.6. The fourth-order valence-electron chi connectivity index (χ4n) is 4.79. The average Bonchev–Trinajstić information content (AvgIpc) is 3.16. The molecule has 1 unspecified atom stereocenters. The van der Waals surface area contributed by atoms with Crippen LogP contribution in [-0.4, -0.2) is 45.9 Å². The maximum atomic E-state index is 6.32. The lowest BCUT2D eigenvalue weighted by Crippen LogP contribution is -2.28. The number of benzene rings is 1. The van der Waals surface area contributed by atoms with Gasteiger partial charge in [-0.1, -0.05) is 12.1 Å². The van der Waals surface area contributed by atoms with Gasteiger partial charge >= 0.3 is 0 Å². The third-order valence-electron chi connectivity index (χ3n) is 6.50. The lowest BCUT2D eigenvalue weighted by atomic mass is 9.81. The molecule has 2 aliphatic rings. The number of anilines is 1. The van der Waals surface area contributed by atoms with E-state index in [1.165, 1.54) is 25.0 Å². The fourth-order valence-corrected chi connectivity index (χ4v) is 5.53. The second-order valence-electron chi connectivity index (χ2n) is 8.68. The van der Waals surface area contributed by atoms with Gasteiger partial charge < -0.3 is 19.8 Å². The predicted molar refractivity (Wildman–Crippen MR) is 127 cm³/mol. The Kier molecular flexibility index (Phi) is 6.05. The van der Waals surface area contributed by atoms with Gasteiger partial charge in [-0.3, -0.25) is 0 Å². The molecule has 1 saturated carbocycles. The number of nitrogen functional groups attached to an aromatic ring is 1. The van der Waals surface area contributed by atoms with Gasteiger partial charge in [-0.05, 0) is 67.7 Å². The van der Waals surface area contributed by atoms with E-state index in [0.29, 0.717) is 18.5 Å². The number of fused-ring (bicyclic) bond motifs is 1. The molecule has 3 heterocycles. The smallest absolute Gasteiger partial charge is 0.146 e.